The Morgan fingerprint density at radius 1 is 1.32 bits per heavy atom. The van der Waals surface area contributed by atoms with E-state index in [-0.39, 0.29) is 17.5 Å². The number of nitrogens with one attached hydrogen (secondary N) is 1. The van der Waals surface area contributed by atoms with E-state index in [0.717, 1.165) is 39.4 Å². The number of carbonyl (C=O) groups is 1. The summed E-state index contributed by atoms with van der Waals surface area (Å²) in [6.45, 7) is 8.88. The van der Waals surface area contributed by atoms with Gasteiger partial charge in [0.2, 0.25) is 0 Å². The number of fused-ring (bicyclic) bond motifs is 4. The number of ether oxygens (including phenoxy) is 1. The molecule has 3 aliphatic heterocycles. The molecule has 2 aromatic rings. The molecule has 134 valence electrons. The number of amides is 1. The zero-order valence-corrected chi connectivity index (χ0v) is 16.2. The zero-order valence-electron chi connectivity index (χ0n) is 15.4. The molecule has 25 heavy (non-hydrogen) atoms. The highest BCUT2D eigenvalue weighted by Gasteiger charge is 2.48. The molecule has 0 saturated carbocycles. The van der Waals surface area contributed by atoms with Gasteiger partial charge >= 0.3 is 0 Å². The Hall–Kier alpha value is -1.59. The van der Waals surface area contributed by atoms with Gasteiger partial charge in [-0.25, -0.2) is 0 Å². The van der Waals surface area contributed by atoms with Gasteiger partial charge in [-0.1, -0.05) is 12.1 Å². The van der Waals surface area contributed by atoms with Gasteiger partial charge < -0.3 is 10.1 Å². The van der Waals surface area contributed by atoms with Gasteiger partial charge in [0.05, 0.1) is 16.7 Å². The van der Waals surface area contributed by atoms with Crippen molar-refractivity contribution in [2.24, 2.45) is 5.92 Å². The largest absolute Gasteiger partial charge is 0.495 e. The SMILES string of the molecule is COc1c(C)ccc2cc(C(=O)N[C@H]3C4CCN(CC4)C3(C)C)sc12. The third-order valence-electron chi connectivity index (χ3n) is 6.14. The third kappa shape index (κ3) is 2.64. The molecule has 3 aliphatic rings. The Morgan fingerprint density at radius 2 is 2.04 bits per heavy atom. The van der Waals surface area contributed by atoms with Crippen molar-refractivity contribution in [1.82, 2.24) is 10.2 Å². The Bertz CT molecular complexity index is 818. The second kappa shape index (κ2) is 5.99. The molecule has 0 aliphatic carbocycles. The summed E-state index contributed by atoms with van der Waals surface area (Å²) < 4.78 is 6.60. The van der Waals surface area contributed by atoms with Crippen LogP contribution >= 0.6 is 11.3 Å². The molecule has 1 aromatic carbocycles. The third-order valence-corrected chi connectivity index (χ3v) is 7.29. The number of rotatable bonds is 3. The number of methoxy groups -OCH3 is 1. The molecule has 4 nitrogen and oxygen atoms in total. The van der Waals surface area contributed by atoms with Crippen LogP contribution in [0.3, 0.4) is 0 Å². The number of piperidine rings is 3. The van der Waals surface area contributed by atoms with Crippen LogP contribution in [-0.2, 0) is 0 Å². The van der Waals surface area contributed by atoms with Crippen LogP contribution in [0.25, 0.3) is 10.1 Å². The number of nitrogens with zero attached hydrogens (tertiary/aromatic N) is 1. The highest BCUT2D eigenvalue weighted by molar-refractivity contribution is 7.21. The van der Waals surface area contributed by atoms with E-state index in [2.05, 4.69) is 30.1 Å². The number of hydrogen-bond donors (Lipinski definition) is 1. The Morgan fingerprint density at radius 3 is 2.68 bits per heavy atom. The van der Waals surface area contributed by atoms with Crippen molar-refractivity contribution in [3.05, 3.63) is 28.6 Å². The highest BCUT2D eigenvalue weighted by Crippen LogP contribution is 2.40. The van der Waals surface area contributed by atoms with Gasteiger partial charge in [0.1, 0.15) is 5.75 Å². The first-order valence-corrected chi connectivity index (χ1v) is 9.86. The lowest BCUT2D eigenvalue weighted by Gasteiger charge is -2.56. The van der Waals surface area contributed by atoms with Gasteiger partial charge in [-0.3, -0.25) is 9.69 Å². The lowest BCUT2D eigenvalue weighted by molar-refractivity contribution is -0.0377. The molecule has 0 spiro atoms. The van der Waals surface area contributed by atoms with Crippen LogP contribution in [0.1, 0.15) is 41.9 Å². The van der Waals surface area contributed by atoms with Crippen LogP contribution in [0.15, 0.2) is 18.2 Å². The summed E-state index contributed by atoms with van der Waals surface area (Å²) in [7, 11) is 1.69. The minimum absolute atomic E-state index is 0.0296. The molecule has 3 fully saturated rings. The van der Waals surface area contributed by atoms with E-state index in [4.69, 9.17) is 4.74 Å². The average molecular weight is 359 g/mol. The summed E-state index contributed by atoms with van der Waals surface area (Å²) in [5.74, 6) is 1.52. The molecular formula is C20H26N2O2S. The number of benzene rings is 1. The van der Waals surface area contributed by atoms with E-state index >= 15 is 0 Å². The maximum Gasteiger partial charge on any atom is 0.261 e. The Labute approximate surface area is 153 Å². The number of aryl methyl sites for hydroxylation is 1. The average Bonchev–Trinajstić information content (AvgIpc) is 3.02. The minimum Gasteiger partial charge on any atom is -0.495 e. The molecule has 0 radical (unpaired) electrons. The second-order valence-electron chi connectivity index (χ2n) is 7.87. The molecule has 2 bridgehead atoms. The van der Waals surface area contributed by atoms with Crippen molar-refractivity contribution in [1.29, 1.82) is 0 Å². The molecular weight excluding hydrogens is 332 g/mol. The molecule has 4 heterocycles. The topological polar surface area (TPSA) is 41.6 Å². The fraction of sp³-hybridized carbons (Fsp3) is 0.550. The maximum absolute atomic E-state index is 13.0. The molecule has 5 rings (SSSR count). The van der Waals surface area contributed by atoms with Gasteiger partial charge in [0, 0.05) is 11.6 Å². The van der Waals surface area contributed by atoms with Gasteiger partial charge in [-0.15, -0.1) is 11.3 Å². The fourth-order valence-corrected chi connectivity index (χ4v) is 5.77. The molecule has 1 N–H and O–H groups in total. The summed E-state index contributed by atoms with van der Waals surface area (Å²) in [6, 6.07) is 6.33. The van der Waals surface area contributed by atoms with Gasteiger partial charge in [0.25, 0.3) is 5.91 Å². The van der Waals surface area contributed by atoms with E-state index in [1.807, 2.05) is 19.1 Å². The highest BCUT2D eigenvalue weighted by atomic mass is 32.1. The summed E-state index contributed by atoms with van der Waals surface area (Å²) in [5, 5.41) is 4.43. The first-order chi connectivity index (χ1) is 11.9. The molecule has 5 heteroatoms. The quantitative estimate of drug-likeness (QED) is 0.907. The second-order valence-corrected chi connectivity index (χ2v) is 8.93. The Balaban J connectivity index is 1.62. The van der Waals surface area contributed by atoms with E-state index in [0.29, 0.717) is 5.92 Å². The number of thiophene rings is 1. The molecule has 0 unspecified atom stereocenters. The van der Waals surface area contributed by atoms with E-state index < -0.39 is 0 Å². The van der Waals surface area contributed by atoms with E-state index in [1.165, 1.54) is 24.2 Å². The predicted molar refractivity (Wildman–Crippen MR) is 103 cm³/mol. The van der Waals surface area contributed by atoms with Crippen molar-refractivity contribution in [2.45, 2.75) is 45.2 Å². The minimum atomic E-state index is 0.0296. The number of carbonyl (C=O) groups excluding carboxylic acids is 1. The van der Waals surface area contributed by atoms with Crippen molar-refractivity contribution in [2.75, 3.05) is 20.2 Å². The van der Waals surface area contributed by atoms with Crippen molar-refractivity contribution < 1.29 is 9.53 Å². The lowest BCUT2D eigenvalue weighted by atomic mass is 9.72. The normalized spacial score (nSPS) is 27.4. The van der Waals surface area contributed by atoms with Crippen LogP contribution in [0.4, 0.5) is 0 Å². The van der Waals surface area contributed by atoms with Gasteiger partial charge in [-0.05, 0) is 69.6 Å². The van der Waals surface area contributed by atoms with Crippen molar-refractivity contribution in [3.8, 4) is 5.75 Å². The monoisotopic (exact) mass is 358 g/mol. The summed E-state index contributed by atoms with van der Waals surface area (Å²) >= 11 is 1.53. The van der Waals surface area contributed by atoms with Crippen LogP contribution in [0.5, 0.6) is 5.75 Å². The van der Waals surface area contributed by atoms with E-state index in [1.54, 1.807) is 7.11 Å². The standard InChI is InChI=1S/C20H26N2O2S/c1-12-5-6-14-11-15(25-17(14)16(12)24-4)19(23)21-18-13-7-9-22(10-8-13)20(18,2)3/h5-6,11,13,18H,7-10H2,1-4H3,(H,21,23)/t18-/m0/s1. The van der Waals surface area contributed by atoms with Gasteiger partial charge in [-0.2, -0.15) is 0 Å². The number of hydrogen-bond acceptors (Lipinski definition) is 4. The smallest absolute Gasteiger partial charge is 0.261 e. The first-order valence-electron chi connectivity index (χ1n) is 9.05. The lowest BCUT2D eigenvalue weighted by Crippen LogP contribution is -2.69. The Kier molecular flexibility index (Phi) is 4.04. The van der Waals surface area contributed by atoms with Gasteiger partial charge in [0.15, 0.2) is 0 Å². The predicted octanol–water partition coefficient (Wildman–Crippen LogP) is 3.82. The van der Waals surface area contributed by atoms with Crippen LogP contribution < -0.4 is 10.1 Å². The zero-order chi connectivity index (χ0) is 17.8. The molecule has 3 saturated heterocycles. The first kappa shape index (κ1) is 16.9. The van der Waals surface area contributed by atoms with E-state index in [9.17, 15) is 4.79 Å². The maximum atomic E-state index is 13.0. The summed E-state index contributed by atoms with van der Waals surface area (Å²) in [6.07, 6.45) is 2.38. The molecule has 1 aromatic heterocycles. The molecule has 1 atom stereocenters. The summed E-state index contributed by atoms with van der Waals surface area (Å²) in [4.78, 5) is 16.3. The fourth-order valence-electron chi connectivity index (χ4n) is 4.63. The van der Waals surface area contributed by atoms with Crippen LogP contribution in [-0.4, -0.2) is 42.6 Å². The van der Waals surface area contributed by atoms with Crippen molar-refractivity contribution in [3.63, 3.8) is 0 Å². The van der Waals surface area contributed by atoms with Crippen molar-refractivity contribution >= 4 is 27.3 Å². The summed E-state index contributed by atoms with van der Waals surface area (Å²) in [5.41, 5.74) is 1.13. The molecule has 1 amide bonds. The van der Waals surface area contributed by atoms with Crippen LogP contribution in [0, 0.1) is 12.8 Å². The van der Waals surface area contributed by atoms with Crippen LogP contribution in [0.2, 0.25) is 0 Å².